The summed E-state index contributed by atoms with van der Waals surface area (Å²) in [6.07, 6.45) is 0.754. The van der Waals surface area contributed by atoms with Crippen molar-refractivity contribution in [1.82, 2.24) is 5.32 Å². The zero-order valence-electron chi connectivity index (χ0n) is 9.39. The van der Waals surface area contributed by atoms with Gasteiger partial charge in [-0.15, -0.1) is 11.6 Å². The average Bonchev–Trinajstić information content (AvgIpc) is 2.24. The molecule has 1 aromatic carbocycles. The zero-order valence-corrected chi connectivity index (χ0v) is 10.1. The Balaban J connectivity index is 2.80. The van der Waals surface area contributed by atoms with Gasteiger partial charge >= 0.3 is 0 Å². The molecule has 0 fully saturated rings. The number of benzene rings is 1. The van der Waals surface area contributed by atoms with Crippen molar-refractivity contribution in [1.29, 1.82) is 0 Å². The zero-order chi connectivity index (χ0) is 12.1. The molecule has 4 heteroatoms. The van der Waals surface area contributed by atoms with Crippen LogP contribution in [0.15, 0.2) is 18.2 Å². The number of hydrogen-bond donors (Lipinski definition) is 1. The normalized spacial score (nSPS) is 12.2. The molecule has 0 spiro atoms. The van der Waals surface area contributed by atoms with E-state index in [0.717, 1.165) is 12.0 Å². The smallest absolute Gasteiger partial charge is 0.251 e. The molecular weight excluding hydrogens is 229 g/mol. The second kappa shape index (κ2) is 5.85. The predicted molar refractivity (Wildman–Crippen MR) is 63.4 cm³/mol. The van der Waals surface area contributed by atoms with Gasteiger partial charge in [-0.1, -0.05) is 6.92 Å². The van der Waals surface area contributed by atoms with E-state index in [9.17, 15) is 9.18 Å². The van der Waals surface area contributed by atoms with Crippen LogP contribution in [0.5, 0.6) is 0 Å². The summed E-state index contributed by atoms with van der Waals surface area (Å²) in [4.78, 5) is 11.7. The van der Waals surface area contributed by atoms with Crippen LogP contribution in [0, 0.1) is 12.7 Å². The van der Waals surface area contributed by atoms with Crippen molar-refractivity contribution in [2.45, 2.75) is 26.3 Å². The number of nitrogens with one attached hydrogen (secondary N) is 1. The van der Waals surface area contributed by atoms with Gasteiger partial charge in [0, 0.05) is 17.5 Å². The molecule has 2 nitrogen and oxygen atoms in total. The number of carbonyl (C=O) groups excluding carboxylic acids is 1. The van der Waals surface area contributed by atoms with Crippen LogP contribution in [-0.2, 0) is 0 Å². The largest absolute Gasteiger partial charge is 0.348 e. The Bertz CT molecular complexity index is 357. The van der Waals surface area contributed by atoms with Crippen molar-refractivity contribution in [3.8, 4) is 0 Å². The molecule has 1 atom stereocenters. The van der Waals surface area contributed by atoms with Crippen molar-refractivity contribution in [3.05, 3.63) is 35.1 Å². The Morgan fingerprint density at radius 1 is 1.50 bits per heavy atom. The van der Waals surface area contributed by atoms with Gasteiger partial charge in [-0.3, -0.25) is 4.79 Å². The molecule has 1 aromatic rings. The van der Waals surface area contributed by atoms with Crippen molar-refractivity contribution in [3.63, 3.8) is 0 Å². The van der Waals surface area contributed by atoms with E-state index < -0.39 is 5.82 Å². The van der Waals surface area contributed by atoms with Gasteiger partial charge < -0.3 is 5.32 Å². The molecule has 0 aliphatic heterocycles. The molecule has 0 radical (unpaired) electrons. The quantitative estimate of drug-likeness (QED) is 0.810. The molecule has 0 aliphatic rings. The van der Waals surface area contributed by atoms with Crippen molar-refractivity contribution in [2.24, 2.45) is 0 Å². The summed E-state index contributed by atoms with van der Waals surface area (Å²) >= 11 is 5.67. The maximum Gasteiger partial charge on any atom is 0.251 e. The van der Waals surface area contributed by atoms with Gasteiger partial charge in [-0.2, -0.15) is 0 Å². The lowest BCUT2D eigenvalue weighted by molar-refractivity contribution is 0.0939. The number of amides is 1. The molecule has 16 heavy (non-hydrogen) atoms. The SMILES string of the molecule is CCC(CCl)NC(=O)c1cc(C)cc(F)c1. The summed E-state index contributed by atoms with van der Waals surface area (Å²) in [5.41, 5.74) is 1.06. The molecule has 0 saturated carbocycles. The molecule has 0 heterocycles. The second-order valence-electron chi connectivity index (χ2n) is 3.75. The first-order chi connectivity index (χ1) is 7.56. The minimum absolute atomic E-state index is 0.0715. The molecular formula is C12H15ClFNO. The molecule has 0 aliphatic carbocycles. The van der Waals surface area contributed by atoms with Crippen LogP contribution in [0.1, 0.15) is 29.3 Å². The summed E-state index contributed by atoms with van der Waals surface area (Å²) in [7, 11) is 0. The van der Waals surface area contributed by atoms with E-state index in [1.54, 1.807) is 13.0 Å². The van der Waals surface area contributed by atoms with Gasteiger partial charge in [-0.05, 0) is 37.1 Å². The first kappa shape index (κ1) is 13.0. The Morgan fingerprint density at radius 3 is 2.69 bits per heavy atom. The maximum absolute atomic E-state index is 13.1. The minimum Gasteiger partial charge on any atom is -0.348 e. The third kappa shape index (κ3) is 3.49. The Morgan fingerprint density at radius 2 is 2.19 bits per heavy atom. The summed E-state index contributed by atoms with van der Waals surface area (Å²) < 4.78 is 13.1. The van der Waals surface area contributed by atoms with Crippen LogP contribution in [0.25, 0.3) is 0 Å². The lowest BCUT2D eigenvalue weighted by Gasteiger charge is -2.13. The number of carbonyl (C=O) groups is 1. The van der Waals surface area contributed by atoms with Crippen molar-refractivity contribution in [2.75, 3.05) is 5.88 Å². The lowest BCUT2D eigenvalue weighted by Crippen LogP contribution is -2.35. The highest BCUT2D eigenvalue weighted by Crippen LogP contribution is 2.09. The van der Waals surface area contributed by atoms with Gasteiger partial charge in [0.15, 0.2) is 0 Å². The Hall–Kier alpha value is -1.09. The number of alkyl halides is 1. The Labute approximate surface area is 99.8 Å². The summed E-state index contributed by atoms with van der Waals surface area (Å²) in [6.45, 7) is 3.68. The fourth-order valence-corrected chi connectivity index (χ4v) is 1.68. The number of rotatable bonds is 4. The van der Waals surface area contributed by atoms with Gasteiger partial charge in [0.05, 0.1) is 0 Å². The fraction of sp³-hybridized carbons (Fsp3) is 0.417. The number of hydrogen-bond acceptors (Lipinski definition) is 1. The van der Waals surface area contributed by atoms with Crippen LogP contribution in [0.3, 0.4) is 0 Å². The molecule has 1 unspecified atom stereocenters. The van der Waals surface area contributed by atoms with Gasteiger partial charge in [0.1, 0.15) is 5.82 Å². The second-order valence-corrected chi connectivity index (χ2v) is 4.06. The van der Waals surface area contributed by atoms with Crippen molar-refractivity contribution < 1.29 is 9.18 Å². The standard InChI is InChI=1S/C12H15ClFNO/c1-3-11(7-13)15-12(16)9-4-8(2)5-10(14)6-9/h4-6,11H,3,7H2,1-2H3,(H,15,16). The van der Waals surface area contributed by atoms with E-state index in [2.05, 4.69) is 5.32 Å². The Kier molecular flexibility index (Phi) is 4.74. The van der Waals surface area contributed by atoms with Crippen LogP contribution in [0.2, 0.25) is 0 Å². The van der Waals surface area contributed by atoms with E-state index in [1.807, 2.05) is 6.92 Å². The number of aryl methyl sites for hydroxylation is 1. The molecule has 0 aromatic heterocycles. The first-order valence-corrected chi connectivity index (χ1v) is 5.74. The molecule has 1 N–H and O–H groups in total. The monoisotopic (exact) mass is 243 g/mol. The molecule has 1 amide bonds. The summed E-state index contributed by atoms with van der Waals surface area (Å²) in [6, 6.07) is 4.19. The van der Waals surface area contributed by atoms with Crippen LogP contribution in [-0.4, -0.2) is 17.8 Å². The average molecular weight is 244 g/mol. The lowest BCUT2D eigenvalue weighted by atomic mass is 10.1. The fourth-order valence-electron chi connectivity index (χ4n) is 1.39. The summed E-state index contributed by atoms with van der Waals surface area (Å²) in [5.74, 6) is -0.324. The molecule has 88 valence electrons. The minimum atomic E-state index is -0.399. The maximum atomic E-state index is 13.1. The predicted octanol–water partition coefficient (Wildman–Crippen LogP) is 2.88. The highest BCUT2D eigenvalue weighted by atomic mass is 35.5. The molecule has 0 bridgehead atoms. The van der Waals surface area contributed by atoms with Crippen LogP contribution < -0.4 is 5.32 Å². The molecule has 1 rings (SSSR count). The van der Waals surface area contributed by atoms with Crippen LogP contribution >= 0.6 is 11.6 Å². The number of halogens is 2. The third-order valence-electron chi connectivity index (χ3n) is 2.32. The van der Waals surface area contributed by atoms with E-state index in [4.69, 9.17) is 11.6 Å². The van der Waals surface area contributed by atoms with E-state index in [-0.39, 0.29) is 11.9 Å². The van der Waals surface area contributed by atoms with E-state index >= 15 is 0 Å². The summed E-state index contributed by atoms with van der Waals surface area (Å²) in [5, 5.41) is 2.75. The van der Waals surface area contributed by atoms with Gasteiger partial charge in [0.25, 0.3) is 5.91 Å². The van der Waals surface area contributed by atoms with Crippen molar-refractivity contribution >= 4 is 17.5 Å². The highest BCUT2D eigenvalue weighted by molar-refractivity contribution is 6.18. The topological polar surface area (TPSA) is 29.1 Å². The third-order valence-corrected chi connectivity index (χ3v) is 2.69. The van der Waals surface area contributed by atoms with E-state index in [0.29, 0.717) is 11.4 Å². The first-order valence-electron chi connectivity index (χ1n) is 5.20. The van der Waals surface area contributed by atoms with Gasteiger partial charge in [0.2, 0.25) is 0 Å². The van der Waals surface area contributed by atoms with Gasteiger partial charge in [-0.25, -0.2) is 4.39 Å². The highest BCUT2D eigenvalue weighted by Gasteiger charge is 2.12. The molecule has 0 saturated heterocycles. The van der Waals surface area contributed by atoms with E-state index in [1.165, 1.54) is 12.1 Å². The van der Waals surface area contributed by atoms with Crippen LogP contribution in [0.4, 0.5) is 4.39 Å².